The quantitative estimate of drug-likeness (QED) is 0.924. The normalized spacial score (nSPS) is 19.3. The summed E-state index contributed by atoms with van der Waals surface area (Å²) in [5, 5.41) is 7.12. The van der Waals surface area contributed by atoms with Crippen molar-refractivity contribution in [1.82, 2.24) is 20.1 Å². The number of H-pyrrole nitrogens is 1. The zero-order valence-electron chi connectivity index (χ0n) is 11.7. The molecule has 0 aromatic carbocycles. The Morgan fingerprint density at radius 1 is 1.45 bits per heavy atom. The molecular formula is C14H18N4OS. The molecule has 1 saturated heterocycles. The standard InChI is InChI=1S/C14H18N4OS/c1-9-5-6-12(20-9)14(19)18-7-3-4-11(8-18)13-15-10(2)16-17-13/h5-6,11H,3-4,7-8H2,1-2H3,(H,15,16,17)/t11-/m1/s1. The van der Waals surface area contributed by atoms with Gasteiger partial charge in [0, 0.05) is 23.9 Å². The van der Waals surface area contributed by atoms with E-state index in [0.717, 1.165) is 35.9 Å². The molecule has 1 aliphatic rings. The molecule has 6 heteroatoms. The van der Waals surface area contributed by atoms with Crippen molar-refractivity contribution in [3.63, 3.8) is 0 Å². The molecule has 2 aromatic rings. The first kappa shape index (κ1) is 13.3. The molecule has 2 aromatic heterocycles. The summed E-state index contributed by atoms with van der Waals surface area (Å²) in [6.45, 7) is 5.47. The van der Waals surface area contributed by atoms with E-state index < -0.39 is 0 Å². The molecule has 5 nitrogen and oxygen atoms in total. The zero-order valence-corrected chi connectivity index (χ0v) is 12.5. The fourth-order valence-electron chi connectivity index (χ4n) is 2.62. The van der Waals surface area contributed by atoms with Gasteiger partial charge in [0.25, 0.3) is 5.91 Å². The number of rotatable bonds is 2. The van der Waals surface area contributed by atoms with E-state index in [1.807, 2.05) is 30.9 Å². The van der Waals surface area contributed by atoms with Crippen molar-refractivity contribution >= 4 is 17.2 Å². The van der Waals surface area contributed by atoms with E-state index in [4.69, 9.17) is 0 Å². The number of amides is 1. The van der Waals surface area contributed by atoms with Crippen LogP contribution in [0.1, 0.15) is 45.0 Å². The lowest BCUT2D eigenvalue weighted by Gasteiger charge is -2.31. The van der Waals surface area contributed by atoms with Crippen LogP contribution < -0.4 is 0 Å². The molecule has 3 heterocycles. The maximum Gasteiger partial charge on any atom is 0.263 e. The van der Waals surface area contributed by atoms with Gasteiger partial charge in [-0.3, -0.25) is 9.89 Å². The number of likely N-dealkylation sites (tertiary alicyclic amines) is 1. The first-order valence-corrected chi connectivity index (χ1v) is 7.70. The molecule has 0 radical (unpaired) electrons. The van der Waals surface area contributed by atoms with E-state index >= 15 is 0 Å². The minimum Gasteiger partial charge on any atom is -0.337 e. The fraction of sp³-hybridized carbons (Fsp3) is 0.500. The molecular weight excluding hydrogens is 272 g/mol. The van der Waals surface area contributed by atoms with Crippen molar-refractivity contribution in [2.75, 3.05) is 13.1 Å². The Hall–Kier alpha value is -1.69. The Morgan fingerprint density at radius 3 is 2.95 bits per heavy atom. The van der Waals surface area contributed by atoms with Crippen molar-refractivity contribution in [1.29, 1.82) is 0 Å². The highest BCUT2D eigenvalue weighted by Crippen LogP contribution is 2.26. The maximum absolute atomic E-state index is 12.5. The number of thiophene rings is 1. The molecule has 1 N–H and O–H groups in total. The second-order valence-corrected chi connectivity index (χ2v) is 6.57. The predicted octanol–water partition coefficient (Wildman–Crippen LogP) is 2.50. The van der Waals surface area contributed by atoms with Crippen molar-refractivity contribution in [3.8, 4) is 0 Å². The van der Waals surface area contributed by atoms with Crippen LogP contribution in [0.3, 0.4) is 0 Å². The average molecular weight is 290 g/mol. The molecule has 1 fully saturated rings. The molecule has 3 rings (SSSR count). The van der Waals surface area contributed by atoms with Crippen LogP contribution in [0.2, 0.25) is 0 Å². The highest BCUT2D eigenvalue weighted by atomic mass is 32.1. The summed E-state index contributed by atoms with van der Waals surface area (Å²) < 4.78 is 0. The van der Waals surface area contributed by atoms with Crippen molar-refractivity contribution in [2.24, 2.45) is 0 Å². The third-order valence-electron chi connectivity index (χ3n) is 3.64. The third kappa shape index (κ3) is 2.60. The molecule has 0 aliphatic carbocycles. The van der Waals surface area contributed by atoms with Crippen LogP contribution in [0, 0.1) is 13.8 Å². The molecule has 106 valence electrons. The molecule has 0 unspecified atom stereocenters. The van der Waals surface area contributed by atoms with Crippen LogP contribution in [0.5, 0.6) is 0 Å². The Bertz CT molecular complexity index is 618. The minimum absolute atomic E-state index is 0.139. The number of carbonyl (C=O) groups is 1. The van der Waals surface area contributed by atoms with Gasteiger partial charge in [-0.25, -0.2) is 4.98 Å². The molecule has 0 bridgehead atoms. The van der Waals surface area contributed by atoms with Crippen LogP contribution in [0.15, 0.2) is 12.1 Å². The topological polar surface area (TPSA) is 61.9 Å². The Kier molecular flexibility index (Phi) is 3.56. The first-order valence-electron chi connectivity index (χ1n) is 6.88. The van der Waals surface area contributed by atoms with Gasteiger partial charge in [-0.15, -0.1) is 11.3 Å². The van der Waals surface area contributed by atoms with E-state index in [9.17, 15) is 4.79 Å². The van der Waals surface area contributed by atoms with Crippen molar-refractivity contribution in [2.45, 2.75) is 32.6 Å². The number of hydrogen-bond acceptors (Lipinski definition) is 4. The van der Waals surface area contributed by atoms with E-state index in [1.165, 1.54) is 4.88 Å². The summed E-state index contributed by atoms with van der Waals surface area (Å²) in [5.74, 6) is 2.05. The summed E-state index contributed by atoms with van der Waals surface area (Å²) in [5.41, 5.74) is 0. The average Bonchev–Trinajstić information content (AvgIpc) is 3.07. The number of hydrogen-bond donors (Lipinski definition) is 1. The van der Waals surface area contributed by atoms with Crippen molar-refractivity contribution in [3.05, 3.63) is 33.5 Å². The van der Waals surface area contributed by atoms with Crippen LogP contribution in [-0.4, -0.2) is 39.1 Å². The van der Waals surface area contributed by atoms with Crippen molar-refractivity contribution < 1.29 is 4.79 Å². The molecule has 1 amide bonds. The lowest BCUT2D eigenvalue weighted by Crippen LogP contribution is -2.39. The summed E-state index contributed by atoms with van der Waals surface area (Å²) in [4.78, 5) is 20.8. The minimum atomic E-state index is 0.139. The van der Waals surface area contributed by atoms with Crippen LogP contribution in [0.4, 0.5) is 0 Å². The number of piperidine rings is 1. The van der Waals surface area contributed by atoms with Crippen LogP contribution in [-0.2, 0) is 0 Å². The molecule has 20 heavy (non-hydrogen) atoms. The second-order valence-electron chi connectivity index (χ2n) is 5.28. The van der Waals surface area contributed by atoms with Crippen LogP contribution >= 0.6 is 11.3 Å². The number of aromatic amines is 1. The smallest absolute Gasteiger partial charge is 0.263 e. The first-order chi connectivity index (χ1) is 9.63. The summed E-state index contributed by atoms with van der Waals surface area (Å²) in [6.07, 6.45) is 2.05. The second kappa shape index (κ2) is 5.36. The largest absolute Gasteiger partial charge is 0.337 e. The lowest BCUT2D eigenvalue weighted by atomic mass is 9.97. The lowest BCUT2D eigenvalue weighted by molar-refractivity contribution is 0.0709. The van der Waals surface area contributed by atoms with Gasteiger partial charge in [0.05, 0.1) is 4.88 Å². The van der Waals surface area contributed by atoms with Gasteiger partial charge in [0.2, 0.25) is 0 Å². The molecule has 1 aliphatic heterocycles. The van der Waals surface area contributed by atoms with Gasteiger partial charge >= 0.3 is 0 Å². The van der Waals surface area contributed by atoms with E-state index in [-0.39, 0.29) is 11.8 Å². The number of nitrogens with one attached hydrogen (secondary N) is 1. The van der Waals surface area contributed by atoms with E-state index in [2.05, 4.69) is 15.2 Å². The molecule has 0 saturated carbocycles. The van der Waals surface area contributed by atoms with Gasteiger partial charge in [0.1, 0.15) is 5.82 Å². The number of nitrogens with zero attached hydrogens (tertiary/aromatic N) is 3. The maximum atomic E-state index is 12.5. The third-order valence-corrected chi connectivity index (χ3v) is 4.63. The summed E-state index contributed by atoms with van der Waals surface area (Å²) in [6, 6.07) is 3.92. The number of aryl methyl sites for hydroxylation is 2. The SMILES string of the molecule is Cc1nc([C@@H]2CCCN(C(=O)c3ccc(C)s3)C2)n[nH]1. The van der Waals surface area contributed by atoms with Crippen LogP contribution in [0.25, 0.3) is 0 Å². The highest BCUT2D eigenvalue weighted by Gasteiger charge is 2.28. The highest BCUT2D eigenvalue weighted by molar-refractivity contribution is 7.13. The van der Waals surface area contributed by atoms with Gasteiger partial charge in [-0.2, -0.15) is 5.10 Å². The number of carbonyl (C=O) groups excluding carboxylic acids is 1. The summed E-state index contributed by atoms with van der Waals surface area (Å²) >= 11 is 1.56. The predicted molar refractivity (Wildman–Crippen MR) is 78.1 cm³/mol. The Labute approximate surface area is 122 Å². The Balaban J connectivity index is 1.73. The molecule has 0 spiro atoms. The van der Waals surface area contributed by atoms with E-state index in [1.54, 1.807) is 11.3 Å². The van der Waals surface area contributed by atoms with Gasteiger partial charge in [-0.05, 0) is 38.8 Å². The fourth-order valence-corrected chi connectivity index (χ4v) is 3.46. The zero-order chi connectivity index (χ0) is 14.1. The molecule has 1 atom stereocenters. The summed E-state index contributed by atoms with van der Waals surface area (Å²) in [7, 11) is 0. The van der Waals surface area contributed by atoms with Gasteiger partial charge < -0.3 is 4.90 Å². The van der Waals surface area contributed by atoms with E-state index in [0.29, 0.717) is 6.54 Å². The van der Waals surface area contributed by atoms with Gasteiger partial charge in [0.15, 0.2) is 5.82 Å². The monoisotopic (exact) mass is 290 g/mol. The number of aromatic nitrogens is 3. The Morgan fingerprint density at radius 2 is 2.30 bits per heavy atom. The van der Waals surface area contributed by atoms with Gasteiger partial charge in [-0.1, -0.05) is 0 Å².